The standard InChI is InChI=1S/C20H19ClN6O/c1-14-7-5-10-16(21)18(14)27-20(23-17(24-27)11-6-12-28)19-22-13-26(25-19)15-8-3-2-4-9-15/h2-5,7-10,13,28H,6,11-12H2,1H3. The quantitative estimate of drug-likeness (QED) is 0.542. The van der Waals surface area contributed by atoms with Gasteiger partial charge in [0.1, 0.15) is 6.33 Å². The SMILES string of the molecule is Cc1cccc(Cl)c1-n1nc(CCCO)nc1-c1ncn(-c2ccccc2)n1. The summed E-state index contributed by atoms with van der Waals surface area (Å²) < 4.78 is 3.39. The zero-order valence-corrected chi connectivity index (χ0v) is 16.1. The van der Waals surface area contributed by atoms with Gasteiger partial charge in [0.15, 0.2) is 5.82 Å². The molecule has 28 heavy (non-hydrogen) atoms. The van der Waals surface area contributed by atoms with Crippen LogP contribution in [0.3, 0.4) is 0 Å². The van der Waals surface area contributed by atoms with Gasteiger partial charge in [-0.25, -0.2) is 19.3 Å². The lowest BCUT2D eigenvalue weighted by molar-refractivity contribution is 0.287. The highest BCUT2D eigenvalue weighted by atomic mass is 35.5. The van der Waals surface area contributed by atoms with Crippen molar-refractivity contribution in [2.45, 2.75) is 19.8 Å². The number of hydrogen-bond donors (Lipinski definition) is 1. The molecular formula is C20H19ClN6O. The Kier molecular flexibility index (Phi) is 5.18. The molecule has 0 bridgehead atoms. The second-order valence-electron chi connectivity index (χ2n) is 6.34. The Labute approximate surface area is 167 Å². The molecule has 1 N–H and O–H groups in total. The van der Waals surface area contributed by atoms with Gasteiger partial charge in [-0.1, -0.05) is 41.9 Å². The van der Waals surface area contributed by atoms with Crippen molar-refractivity contribution in [1.29, 1.82) is 0 Å². The number of para-hydroxylation sites is 2. The predicted molar refractivity (Wildman–Crippen MR) is 107 cm³/mol. The van der Waals surface area contributed by atoms with Gasteiger partial charge in [-0.15, -0.1) is 5.10 Å². The van der Waals surface area contributed by atoms with Gasteiger partial charge in [0.25, 0.3) is 0 Å². The number of hydrogen-bond acceptors (Lipinski definition) is 5. The van der Waals surface area contributed by atoms with Crippen molar-refractivity contribution in [1.82, 2.24) is 29.5 Å². The van der Waals surface area contributed by atoms with E-state index in [1.54, 1.807) is 15.7 Å². The number of aromatic nitrogens is 6. The summed E-state index contributed by atoms with van der Waals surface area (Å²) in [6, 6.07) is 15.4. The number of aliphatic hydroxyl groups is 1. The zero-order valence-electron chi connectivity index (χ0n) is 15.3. The molecule has 2 aromatic carbocycles. The third kappa shape index (κ3) is 3.54. The molecule has 2 heterocycles. The van der Waals surface area contributed by atoms with Crippen LogP contribution in [0, 0.1) is 6.92 Å². The van der Waals surface area contributed by atoms with Crippen LogP contribution in [0.25, 0.3) is 23.0 Å². The summed E-state index contributed by atoms with van der Waals surface area (Å²) in [5, 5.41) is 18.9. The van der Waals surface area contributed by atoms with Gasteiger partial charge in [0.2, 0.25) is 11.6 Å². The highest BCUT2D eigenvalue weighted by Crippen LogP contribution is 2.27. The van der Waals surface area contributed by atoms with Crippen molar-refractivity contribution >= 4 is 11.6 Å². The van der Waals surface area contributed by atoms with E-state index in [-0.39, 0.29) is 6.61 Å². The summed E-state index contributed by atoms with van der Waals surface area (Å²) in [5.41, 5.74) is 2.62. The van der Waals surface area contributed by atoms with Gasteiger partial charge in [-0.3, -0.25) is 0 Å². The van der Waals surface area contributed by atoms with Crippen LogP contribution in [0.4, 0.5) is 0 Å². The Morgan fingerprint density at radius 3 is 2.61 bits per heavy atom. The molecule has 0 aliphatic rings. The van der Waals surface area contributed by atoms with Gasteiger partial charge in [0, 0.05) is 13.0 Å². The minimum Gasteiger partial charge on any atom is -0.396 e. The van der Waals surface area contributed by atoms with E-state index in [0.29, 0.717) is 35.3 Å². The van der Waals surface area contributed by atoms with Crippen LogP contribution in [0.2, 0.25) is 5.02 Å². The van der Waals surface area contributed by atoms with Crippen molar-refractivity contribution in [3.8, 4) is 23.0 Å². The zero-order chi connectivity index (χ0) is 19.5. The molecule has 0 spiro atoms. The molecule has 0 atom stereocenters. The second-order valence-corrected chi connectivity index (χ2v) is 6.75. The molecule has 8 heteroatoms. The van der Waals surface area contributed by atoms with Gasteiger partial charge in [0.05, 0.1) is 16.4 Å². The number of aliphatic hydroxyl groups excluding tert-OH is 1. The first-order chi connectivity index (χ1) is 13.7. The Hall–Kier alpha value is -3.03. The number of nitrogens with zero attached hydrogens (tertiary/aromatic N) is 6. The molecule has 0 unspecified atom stereocenters. The molecule has 0 fully saturated rings. The molecule has 0 saturated heterocycles. The summed E-state index contributed by atoms with van der Waals surface area (Å²) in [6.07, 6.45) is 2.78. The first kappa shape index (κ1) is 18.3. The van der Waals surface area contributed by atoms with Crippen LogP contribution in [0.15, 0.2) is 54.9 Å². The van der Waals surface area contributed by atoms with Crippen LogP contribution >= 0.6 is 11.6 Å². The third-order valence-electron chi connectivity index (χ3n) is 4.32. The maximum atomic E-state index is 9.14. The number of aryl methyl sites for hydroxylation is 2. The lowest BCUT2D eigenvalue weighted by Gasteiger charge is -2.09. The van der Waals surface area contributed by atoms with Crippen LogP contribution < -0.4 is 0 Å². The fraction of sp³-hybridized carbons (Fsp3) is 0.200. The maximum absolute atomic E-state index is 9.14. The summed E-state index contributed by atoms with van der Waals surface area (Å²) in [6.45, 7) is 2.05. The fourth-order valence-electron chi connectivity index (χ4n) is 2.96. The Morgan fingerprint density at radius 2 is 1.86 bits per heavy atom. The van der Waals surface area contributed by atoms with Gasteiger partial charge >= 0.3 is 0 Å². The second kappa shape index (κ2) is 7.92. The van der Waals surface area contributed by atoms with Crippen molar-refractivity contribution < 1.29 is 5.11 Å². The summed E-state index contributed by atoms with van der Waals surface area (Å²) in [4.78, 5) is 9.07. The van der Waals surface area contributed by atoms with E-state index in [0.717, 1.165) is 16.9 Å². The Bertz CT molecular complexity index is 1070. The topological polar surface area (TPSA) is 81.6 Å². The molecule has 2 aromatic heterocycles. The molecular weight excluding hydrogens is 376 g/mol. The van der Waals surface area contributed by atoms with Gasteiger partial charge < -0.3 is 5.11 Å². The van der Waals surface area contributed by atoms with Crippen molar-refractivity contribution in [2.75, 3.05) is 6.61 Å². The normalized spacial score (nSPS) is 11.1. The molecule has 0 aliphatic heterocycles. The predicted octanol–water partition coefficient (Wildman–Crippen LogP) is 3.40. The van der Waals surface area contributed by atoms with E-state index in [4.69, 9.17) is 16.7 Å². The first-order valence-corrected chi connectivity index (χ1v) is 9.35. The molecule has 4 rings (SSSR count). The summed E-state index contributed by atoms with van der Waals surface area (Å²) >= 11 is 6.46. The van der Waals surface area contributed by atoms with Gasteiger partial charge in [-0.2, -0.15) is 5.10 Å². The third-order valence-corrected chi connectivity index (χ3v) is 4.63. The highest BCUT2D eigenvalue weighted by molar-refractivity contribution is 6.32. The molecule has 7 nitrogen and oxygen atoms in total. The number of benzene rings is 2. The van der Waals surface area contributed by atoms with E-state index < -0.39 is 0 Å². The molecule has 142 valence electrons. The minimum absolute atomic E-state index is 0.0792. The average Bonchev–Trinajstić information content (AvgIpc) is 3.34. The van der Waals surface area contributed by atoms with E-state index in [1.165, 1.54) is 0 Å². The summed E-state index contributed by atoms with van der Waals surface area (Å²) in [7, 11) is 0. The van der Waals surface area contributed by atoms with Crippen molar-refractivity contribution in [3.05, 3.63) is 71.3 Å². The van der Waals surface area contributed by atoms with E-state index in [9.17, 15) is 0 Å². The summed E-state index contributed by atoms with van der Waals surface area (Å²) in [5.74, 6) is 1.57. The molecule has 0 radical (unpaired) electrons. The molecule has 4 aromatic rings. The van der Waals surface area contributed by atoms with Crippen LogP contribution in [-0.4, -0.2) is 41.2 Å². The van der Waals surface area contributed by atoms with Gasteiger partial charge in [-0.05, 0) is 37.1 Å². The first-order valence-electron chi connectivity index (χ1n) is 8.97. The average molecular weight is 395 g/mol. The van der Waals surface area contributed by atoms with E-state index >= 15 is 0 Å². The minimum atomic E-state index is 0.0792. The fourth-order valence-corrected chi connectivity index (χ4v) is 3.26. The van der Waals surface area contributed by atoms with Crippen molar-refractivity contribution in [2.24, 2.45) is 0 Å². The monoisotopic (exact) mass is 394 g/mol. The highest BCUT2D eigenvalue weighted by Gasteiger charge is 2.20. The Balaban J connectivity index is 1.82. The maximum Gasteiger partial charge on any atom is 0.219 e. The largest absolute Gasteiger partial charge is 0.396 e. The van der Waals surface area contributed by atoms with E-state index in [1.807, 2.05) is 55.5 Å². The van der Waals surface area contributed by atoms with Crippen LogP contribution in [-0.2, 0) is 6.42 Å². The molecule has 0 aliphatic carbocycles. The lowest BCUT2D eigenvalue weighted by Crippen LogP contribution is -2.04. The number of halogens is 1. The van der Waals surface area contributed by atoms with Crippen molar-refractivity contribution in [3.63, 3.8) is 0 Å². The van der Waals surface area contributed by atoms with Crippen LogP contribution in [0.1, 0.15) is 17.8 Å². The molecule has 0 saturated carbocycles. The Morgan fingerprint density at radius 1 is 1.04 bits per heavy atom. The number of rotatable bonds is 6. The molecule has 0 amide bonds. The van der Waals surface area contributed by atoms with Crippen LogP contribution in [0.5, 0.6) is 0 Å². The smallest absolute Gasteiger partial charge is 0.219 e. The lowest BCUT2D eigenvalue weighted by atomic mass is 10.2. The van der Waals surface area contributed by atoms with E-state index in [2.05, 4.69) is 20.2 Å².